The minimum atomic E-state index is -0.111. The summed E-state index contributed by atoms with van der Waals surface area (Å²) in [6.45, 7) is 6.16. The van der Waals surface area contributed by atoms with E-state index in [0.29, 0.717) is 17.9 Å². The second kappa shape index (κ2) is 2.87. The Hall–Kier alpha value is -1.26. The Balaban J connectivity index is 2.19. The largest absolute Gasteiger partial charge is 0.368 e. The number of nitrogen functional groups attached to an aromatic ring is 1. The number of aromatic nitrogens is 3. The molecule has 0 spiro atoms. The summed E-state index contributed by atoms with van der Waals surface area (Å²) in [4.78, 5) is 4.18. The Morgan fingerprint density at radius 2 is 2.07 bits per heavy atom. The molecule has 14 heavy (non-hydrogen) atoms. The predicted octanol–water partition coefficient (Wildman–Crippen LogP) is 1.19. The first-order chi connectivity index (χ1) is 6.47. The van der Waals surface area contributed by atoms with Gasteiger partial charge in [-0.05, 0) is 33.6 Å². The maximum absolute atomic E-state index is 5.77. The van der Waals surface area contributed by atoms with Crippen LogP contribution in [0.2, 0.25) is 0 Å². The molecule has 0 radical (unpaired) electrons. The SMILES string of the molecule is CC(C)(C)n1nc(NC2CC2)nc1N. The molecule has 1 heterocycles. The Kier molecular flexibility index (Phi) is 1.90. The number of nitrogens with zero attached hydrogens (tertiary/aromatic N) is 3. The van der Waals surface area contributed by atoms with Crippen LogP contribution in [0.4, 0.5) is 11.9 Å². The summed E-state index contributed by atoms with van der Waals surface area (Å²) in [6, 6.07) is 0.560. The summed E-state index contributed by atoms with van der Waals surface area (Å²) >= 11 is 0. The van der Waals surface area contributed by atoms with Gasteiger partial charge >= 0.3 is 0 Å². The standard InChI is InChI=1S/C9H17N5/c1-9(2,3)14-7(10)12-8(13-14)11-6-4-5-6/h6H,4-5H2,1-3H3,(H3,10,11,12,13). The second-order valence-electron chi connectivity index (χ2n) is 4.79. The molecule has 0 aromatic carbocycles. The van der Waals surface area contributed by atoms with E-state index in [-0.39, 0.29) is 5.54 Å². The third kappa shape index (κ3) is 1.81. The first-order valence-electron chi connectivity index (χ1n) is 4.96. The molecular formula is C9H17N5. The molecule has 0 bridgehead atoms. The smallest absolute Gasteiger partial charge is 0.244 e. The van der Waals surface area contributed by atoms with Crippen LogP contribution in [-0.4, -0.2) is 20.8 Å². The molecule has 1 aromatic rings. The Morgan fingerprint density at radius 3 is 2.50 bits per heavy atom. The maximum atomic E-state index is 5.77. The molecule has 78 valence electrons. The maximum Gasteiger partial charge on any atom is 0.244 e. The topological polar surface area (TPSA) is 68.8 Å². The zero-order valence-electron chi connectivity index (χ0n) is 8.91. The Morgan fingerprint density at radius 1 is 1.43 bits per heavy atom. The molecule has 1 saturated carbocycles. The number of hydrogen-bond acceptors (Lipinski definition) is 4. The van der Waals surface area contributed by atoms with E-state index < -0.39 is 0 Å². The van der Waals surface area contributed by atoms with Crippen LogP contribution >= 0.6 is 0 Å². The molecule has 0 saturated heterocycles. The minimum absolute atomic E-state index is 0.111. The van der Waals surface area contributed by atoms with Crippen LogP contribution in [0, 0.1) is 0 Å². The number of nitrogens with two attached hydrogens (primary N) is 1. The van der Waals surface area contributed by atoms with Crippen molar-refractivity contribution in [3.63, 3.8) is 0 Å². The highest BCUT2D eigenvalue weighted by Crippen LogP contribution is 2.24. The monoisotopic (exact) mass is 195 g/mol. The fourth-order valence-electron chi connectivity index (χ4n) is 1.29. The highest BCUT2D eigenvalue weighted by atomic mass is 15.4. The minimum Gasteiger partial charge on any atom is -0.368 e. The van der Waals surface area contributed by atoms with Gasteiger partial charge in [0.15, 0.2) is 0 Å². The van der Waals surface area contributed by atoms with Crippen molar-refractivity contribution in [1.29, 1.82) is 0 Å². The van der Waals surface area contributed by atoms with Crippen LogP contribution < -0.4 is 11.1 Å². The van der Waals surface area contributed by atoms with Crippen molar-refractivity contribution in [3.8, 4) is 0 Å². The van der Waals surface area contributed by atoms with Gasteiger partial charge < -0.3 is 11.1 Å². The molecule has 1 aromatic heterocycles. The lowest BCUT2D eigenvalue weighted by Gasteiger charge is -2.19. The van der Waals surface area contributed by atoms with Gasteiger partial charge in [0.2, 0.25) is 11.9 Å². The highest BCUT2D eigenvalue weighted by molar-refractivity contribution is 5.34. The molecule has 5 heteroatoms. The van der Waals surface area contributed by atoms with Crippen molar-refractivity contribution >= 4 is 11.9 Å². The lowest BCUT2D eigenvalue weighted by Crippen LogP contribution is -2.25. The zero-order valence-corrected chi connectivity index (χ0v) is 8.91. The summed E-state index contributed by atoms with van der Waals surface area (Å²) in [6.07, 6.45) is 2.42. The van der Waals surface area contributed by atoms with Gasteiger partial charge in [0.1, 0.15) is 0 Å². The molecule has 1 aliphatic carbocycles. The van der Waals surface area contributed by atoms with Gasteiger partial charge in [0, 0.05) is 6.04 Å². The van der Waals surface area contributed by atoms with E-state index in [1.54, 1.807) is 4.68 Å². The molecule has 5 nitrogen and oxygen atoms in total. The number of anilines is 2. The van der Waals surface area contributed by atoms with Crippen molar-refractivity contribution in [2.75, 3.05) is 11.1 Å². The van der Waals surface area contributed by atoms with Gasteiger partial charge in [-0.1, -0.05) is 0 Å². The average molecular weight is 195 g/mol. The van der Waals surface area contributed by atoms with E-state index in [9.17, 15) is 0 Å². The summed E-state index contributed by atoms with van der Waals surface area (Å²) in [5, 5.41) is 7.56. The summed E-state index contributed by atoms with van der Waals surface area (Å²) < 4.78 is 1.75. The normalized spacial score (nSPS) is 17.1. The van der Waals surface area contributed by atoms with E-state index in [0.717, 1.165) is 0 Å². The van der Waals surface area contributed by atoms with Crippen molar-refractivity contribution in [1.82, 2.24) is 14.8 Å². The second-order valence-corrected chi connectivity index (χ2v) is 4.79. The lowest BCUT2D eigenvalue weighted by atomic mass is 10.1. The van der Waals surface area contributed by atoms with Gasteiger partial charge in [0.05, 0.1) is 5.54 Å². The number of hydrogen-bond donors (Lipinski definition) is 2. The van der Waals surface area contributed by atoms with Gasteiger partial charge in [-0.3, -0.25) is 0 Å². The summed E-state index contributed by atoms with van der Waals surface area (Å²) in [5.74, 6) is 1.13. The first-order valence-corrected chi connectivity index (χ1v) is 4.96. The summed E-state index contributed by atoms with van der Waals surface area (Å²) in [7, 11) is 0. The van der Waals surface area contributed by atoms with Gasteiger partial charge in [-0.15, -0.1) is 5.10 Å². The molecular weight excluding hydrogens is 178 g/mol. The van der Waals surface area contributed by atoms with Gasteiger partial charge in [-0.25, -0.2) is 4.68 Å². The summed E-state index contributed by atoms with van der Waals surface area (Å²) in [5.41, 5.74) is 5.66. The highest BCUT2D eigenvalue weighted by Gasteiger charge is 2.25. The van der Waals surface area contributed by atoms with Crippen LogP contribution in [0.25, 0.3) is 0 Å². The van der Waals surface area contributed by atoms with Crippen LogP contribution in [0.1, 0.15) is 33.6 Å². The number of rotatable bonds is 2. The fraction of sp³-hybridized carbons (Fsp3) is 0.778. The van der Waals surface area contributed by atoms with Crippen LogP contribution in [0.15, 0.2) is 0 Å². The average Bonchev–Trinajstić information content (AvgIpc) is 2.73. The Bertz CT molecular complexity index is 331. The van der Waals surface area contributed by atoms with Crippen LogP contribution in [-0.2, 0) is 5.54 Å². The number of nitrogens with one attached hydrogen (secondary N) is 1. The zero-order chi connectivity index (χ0) is 10.3. The van der Waals surface area contributed by atoms with Crippen molar-refractivity contribution in [3.05, 3.63) is 0 Å². The van der Waals surface area contributed by atoms with E-state index in [1.165, 1.54) is 12.8 Å². The molecule has 0 amide bonds. The van der Waals surface area contributed by atoms with Crippen molar-refractivity contribution in [2.45, 2.75) is 45.2 Å². The first kappa shape index (κ1) is 9.30. The lowest BCUT2D eigenvalue weighted by molar-refractivity contribution is 0.361. The van der Waals surface area contributed by atoms with Crippen molar-refractivity contribution in [2.24, 2.45) is 0 Å². The third-order valence-corrected chi connectivity index (χ3v) is 2.18. The van der Waals surface area contributed by atoms with Crippen LogP contribution in [0.5, 0.6) is 0 Å². The molecule has 1 fully saturated rings. The van der Waals surface area contributed by atoms with Crippen molar-refractivity contribution < 1.29 is 0 Å². The van der Waals surface area contributed by atoms with Gasteiger partial charge in [-0.2, -0.15) is 4.98 Å². The molecule has 3 N–H and O–H groups in total. The fourth-order valence-corrected chi connectivity index (χ4v) is 1.29. The third-order valence-electron chi connectivity index (χ3n) is 2.18. The predicted molar refractivity (Wildman–Crippen MR) is 56.1 cm³/mol. The van der Waals surface area contributed by atoms with Crippen LogP contribution in [0.3, 0.4) is 0 Å². The van der Waals surface area contributed by atoms with Gasteiger partial charge in [0.25, 0.3) is 0 Å². The van der Waals surface area contributed by atoms with E-state index in [4.69, 9.17) is 5.73 Å². The Labute approximate surface area is 83.7 Å². The van der Waals surface area contributed by atoms with E-state index >= 15 is 0 Å². The van der Waals surface area contributed by atoms with E-state index in [2.05, 4.69) is 36.2 Å². The van der Waals surface area contributed by atoms with E-state index in [1.807, 2.05) is 0 Å². The molecule has 2 rings (SSSR count). The molecule has 0 aliphatic heterocycles. The molecule has 1 aliphatic rings. The quantitative estimate of drug-likeness (QED) is 0.743. The molecule has 0 atom stereocenters. The molecule has 0 unspecified atom stereocenters.